The number of carbonyl (C=O) groups excluding carboxylic acids is 3. The normalized spacial score (nSPS) is 14.9. The molecule has 1 aliphatic rings. The van der Waals surface area contributed by atoms with E-state index in [9.17, 15) is 14.4 Å². The minimum Gasteiger partial charge on any atom is -0.466 e. The van der Waals surface area contributed by atoms with Crippen LogP contribution in [0.1, 0.15) is 58.4 Å². The summed E-state index contributed by atoms with van der Waals surface area (Å²) >= 11 is 0. The third-order valence-electron chi connectivity index (χ3n) is 4.91. The van der Waals surface area contributed by atoms with Crippen molar-refractivity contribution >= 4 is 23.8 Å². The number of ether oxygens (including phenoxy) is 2. The Hall–Kier alpha value is -2.77. The summed E-state index contributed by atoms with van der Waals surface area (Å²) in [4.78, 5) is 39.0. The van der Waals surface area contributed by atoms with Crippen molar-refractivity contribution in [2.75, 3.05) is 31.1 Å². The number of esters is 1. The van der Waals surface area contributed by atoms with Crippen molar-refractivity contribution in [3.8, 4) is 0 Å². The number of primary amides is 1. The first-order valence-corrected chi connectivity index (χ1v) is 10.4. The minimum atomic E-state index is -0.615. The average Bonchev–Trinajstić information content (AvgIpc) is 2.67. The van der Waals surface area contributed by atoms with E-state index in [0.29, 0.717) is 25.4 Å². The lowest BCUT2D eigenvalue weighted by molar-refractivity contribution is -0.142. The number of benzene rings is 1. The first-order chi connectivity index (χ1) is 14.1. The van der Waals surface area contributed by atoms with Gasteiger partial charge in [0.1, 0.15) is 5.60 Å². The quantitative estimate of drug-likeness (QED) is 0.709. The Bertz CT molecular complexity index is 751. The first kappa shape index (κ1) is 23.5. The van der Waals surface area contributed by atoms with Crippen molar-refractivity contribution < 1.29 is 23.9 Å². The molecule has 1 saturated heterocycles. The second-order valence-electron chi connectivity index (χ2n) is 8.38. The van der Waals surface area contributed by atoms with Crippen LogP contribution in [0.5, 0.6) is 0 Å². The molecule has 166 valence electrons. The molecular weight excluding hydrogens is 386 g/mol. The monoisotopic (exact) mass is 419 g/mol. The molecule has 1 heterocycles. The maximum Gasteiger partial charge on any atom is 0.410 e. The van der Waals surface area contributed by atoms with Crippen molar-refractivity contribution in [3.05, 3.63) is 29.8 Å². The highest BCUT2D eigenvalue weighted by Gasteiger charge is 2.28. The molecule has 3 amide bonds. The summed E-state index contributed by atoms with van der Waals surface area (Å²) in [6.07, 6.45) is 1.41. The Morgan fingerprint density at radius 1 is 1.20 bits per heavy atom. The number of piperidine rings is 1. The van der Waals surface area contributed by atoms with E-state index in [1.54, 1.807) is 17.9 Å². The SMILES string of the molecule is CCOC(=O)CCN(C(N)=O)c1cccc(C2CCN(C(=O)OC(C)(C)C)CC2)c1. The molecule has 1 aromatic carbocycles. The highest BCUT2D eigenvalue weighted by molar-refractivity contribution is 5.91. The maximum absolute atomic E-state index is 12.3. The maximum atomic E-state index is 12.3. The molecule has 2 N–H and O–H groups in total. The molecule has 0 aliphatic carbocycles. The number of hydrogen-bond acceptors (Lipinski definition) is 5. The third-order valence-corrected chi connectivity index (χ3v) is 4.91. The number of nitrogens with two attached hydrogens (primary N) is 1. The Morgan fingerprint density at radius 3 is 2.43 bits per heavy atom. The molecule has 1 fully saturated rings. The van der Waals surface area contributed by atoms with Crippen molar-refractivity contribution in [2.45, 2.75) is 58.5 Å². The van der Waals surface area contributed by atoms with E-state index in [2.05, 4.69) is 0 Å². The molecule has 8 nitrogen and oxygen atoms in total. The summed E-state index contributed by atoms with van der Waals surface area (Å²) < 4.78 is 10.4. The zero-order valence-corrected chi connectivity index (χ0v) is 18.3. The van der Waals surface area contributed by atoms with E-state index in [0.717, 1.165) is 18.4 Å². The molecule has 0 atom stereocenters. The zero-order valence-electron chi connectivity index (χ0n) is 18.3. The Morgan fingerprint density at radius 2 is 1.87 bits per heavy atom. The fourth-order valence-electron chi connectivity index (χ4n) is 3.47. The van der Waals surface area contributed by atoms with Crippen LogP contribution in [0.2, 0.25) is 0 Å². The number of likely N-dealkylation sites (tertiary alicyclic amines) is 1. The minimum absolute atomic E-state index is 0.0787. The molecule has 0 aromatic heterocycles. The second kappa shape index (κ2) is 10.3. The van der Waals surface area contributed by atoms with Gasteiger partial charge in [0, 0.05) is 25.3 Å². The molecule has 8 heteroatoms. The molecule has 0 unspecified atom stereocenters. The van der Waals surface area contributed by atoms with E-state index in [1.807, 2.05) is 39.0 Å². The number of rotatable bonds is 6. The van der Waals surface area contributed by atoms with Crippen LogP contribution in [-0.4, -0.2) is 54.8 Å². The van der Waals surface area contributed by atoms with Crippen LogP contribution in [-0.2, 0) is 14.3 Å². The second-order valence-corrected chi connectivity index (χ2v) is 8.38. The highest BCUT2D eigenvalue weighted by atomic mass is 16.6. The van der Waals surface area contributed by atoms with E-state index < -0.39 is 11.6 Å². The number of carbonyl (C=O) groups is 3. The summed E-state index contributed by atoms with van der Waals surface area (Å²) in [6, 6.07) is 7.02. The third kappa shape index (κ3) is 6.93. The molecule has 0 spiro atoms. The van der Waals surface area contributed by atoms with E-state index >= 15 is 0 Å². The Labute approximate surface area is 178 Å². The highest BCUT2D eigenvalue weighted by Crippen LogP contribution is 2.31. The van der Waals surface area contributed by atoms with E-state index in [-0.39, 0.29) is 30.9 Å². The van der Waals surface area contributed by atoms with Crippen molar-refractivity contribution in [1.82, 2.24) is 4.90 Å². The van der Waals surface area contributed by atoms with Crippen LogP contribution in [0.25, 0.3) is 0 Å². The molecular formula is C22H33N3O5. The Balaban J connectivity index is 2.01. The van der Waals surface area contributed by atoms with Gasteiger partial charge in [-0.25, -0.2) is 9.59 Å². The zero-order chi connectivity index (χ0) is 22.3. The lowest BCUT2D eigenvalue weighted by Gasteiger charge is -2.34. The average molecular weight is 420 g/mol. The van der Waals surface area contributed by atoms with Crippen LogP contribution in [0.4, 0.5) is 15.3 Å². The summed E-state index contributed by atoms with van der Waals surface area (Å²) in [5.41, 5.74) is 6.76. The van der Waals surface area contributed by atoms with Gasteiger partial charge in [-0.3, -0.25) is 9.69 Å². The summed E-state index contributed by atoms with van der Waals surface area (Å²) in [5, 5.41) is 0. The van der Waals surface area contributed by atoms with Crippen LogP contribution in [0, 0.1) is 0 Å². The smallest absolute Gasteiger partial charge is 0.410 e. The summed E-state index contributed by atoms with van der Waals surface area (Å²) in [6.45, 7) is 9.00. The van der Waals surface area contributed by atoms with Gasteiger partial charge in [0.2, 0.25) is 0 Å². The van der Waals surface area contributed by atoms with Gasteiger partial charge in [-0.15, -0.1) is 0 Å². The van der Waals surface area contributed by atoms with Gasteiger partial charge in [-0.2, -0.15) is 0 Å². The lowest BCUT2D eigenvalue weighted by atomic mass is 9.89. The molecule has 2 rings (SSSR count). The van der Waals surface area contributed by atoms with Gasteiger partial charge in [-0.1, -0.05) is 12.1 Å². The molecule has 1 aromatic rings. The number of anilines is 1. The number of amides is 3. The van der Waals surface area contributed by atoms with Crippen molar-refractivity contribution in [2.24, 2.45) is 5.73 Å². The number of urea groups is 1. The molecule has 0 radical (unpaired) electrons. The number of hydrogen-bond donors (Lipinski definition) is 1. The molecule has 0 bridgehead atoms. The fraction of sp³-hybridized carbons (Fsp3) is 0.591. The number of nitrogens with zero attached hydrogens (tertiary/aromatic N) is 2. The summed E-state index contributed by atoms with van der Waals surface area (Å²) in [5.74, 6) is -0.0992. The van der Waals surface area contributed by atoms with Crippen LogP contribution < -0.4 is 10.6 Å². The standard InChI is InChI=1S/C22H33N3O5/c1-5-29-19(26)11-14-25(20(23)27)18-8-6-7-17(15-18)16-9-12-24(13-10-16)21(28)30-22(2,3)4/h6-8,15-16H,5,9-14H2,1-4H3,(H2,23,27). The van der Waals surface area contributed by atoms with Gasteiger partial charge < -0.3 is 20.1 Å². The molecule has 0 saturated carbocycles. The van der Waals surface area contributed by atoms with Crippen LogP contribution >= 0.6 is 0 Å². The first-order valence-electron chi connectivity index (χ1n) is 10.4. The van der Waals surface area contributed by atoms with Crippen molar-refractivity contribution in [1.29, 1.82) is 0 Å². The van der Waals surface area contributed by atoms with Gasteiger partial charge in [0.25, 0.3) is 0 Å². The summed E-state index contributed by atoms with van der Waals surface area (Å²) in [7, 11) is 0. The predicted octanol–water partition coefficient (Wildman–Crippen LogP) is 3.64. The van der Waals surface area contributed by atoms with E-state index in [1.165, 1.54) is 4.90 Å². The topological polar surface area (TPSA) is 102 Å². The molecule has 30 heavy (non-hydrogen) atoms. The Kier molecular flexibility index (Phi) is 8.08. The largest absolute Gasteiger partial charge is 0.466 e. The van der Waals surface area contributed by atoms with Gasteiger partial charge in [-0.05, 0) is 64.2 Å². The van der Waals surface area contributed by atoms with Gasteiger partial charge in [0.05, 0.1) is 13.0 Å². The lowest BCUT2D eigenvalue weighted by Crippen LogP contribution is -2.41. The predicted molar refractivity (Wildman–Crippen MR) is 114 cm³/mol. The van der Waals surface area contributed by atoms with Gasteiger partial charge in [0.15, 0.2) is 0 Å². The fourth-order valence-corrected chi connectivity index (χ4v) is 3.47. The van der Waals surface area contributed by atoms with Gasteiger partial charge >= 0.3 is 18.1 Å². The molecule has 1 aliphatic heterocycles. The van der Waals surface area contributed by atoms with Crippen LogP contribution in [0.15, 0.2) is 24.3 Å². The van der Waals surface area contributed by atoms with Crippen molar-refractivity contribution in [3.63, 3.8) is 0 Å². The van der Waals surface area contributed by atoms with Crippen LogP contribution in [0.3, 0.4) is 0 Å². The van der Waals surface area contributed by atoms with E-state index in [4.69, 9.17) is 15.2 Å².